The first-order valence-corrected chi connectivity index (χ1v) is 7.77. The molecule has 0 saturated heterocycles. The Bertz CT molecular complexity index is 706. The van der Waals surface area contributed by atoms with Gasteiger partial charge in [-0.05, 0) is 60.6 Å². The van der Waals surface area contributed by atoms with Crippen LogP contribution in [0.15, 0.2) is 48.5 Å². The first-order chi connectivity index (χ1) is 10.7. The monoisotopic (exact) mass is 308 g/mol. The summed E-state index contributed by atoms with van der Waals surface area (Å²) in [6.45, 7) is 10.5. The van der Waals surface area contributed by atoms with Crippen molar-refractivity contribution in [2.75, 3.05) is 0 Å². The van der Waals surface area contributed by atoms with Crippen LogP contribution < -0.4 is 4.74 Å². The van der Waals surface area contributed by atoms with Gasteiger partial charge in [0.1, 0.15) is 17.6 Å². The number of ether oxygens (including phenoxy) is 1. The number of aliphatic hydroxyl groups excluding tert-OH is 1. The Hall–Kier alpha value is -2.40. The quantitative estimate of drug-likeness (QED) is 0.771. The van der Waals surface area contributed by atoms with Gasteiger partial charge in [0.2, 0.25) is 0 Å². The molecule has 0 aliphatic carbocycles. The molecule has 0 aliphatic rings. The Morgan fingerprint density at radius 1 is 0.739 bits per heavy atom. The summed E-state index contributed by atoms with van der Waals surface area (Å²) >= 11 is 0. The van der Waals surface area contributed by atoms with Crippen molar-refractivity contribution >= 4 is 0 Å². The molecule has 0 fully saturated rings. The molecule has 0 heterocycles. The number of rotatable bonds is 3. The second-order valence-electron chi connectivity index (χ2n) is 7.26. The van der Waals surface area contributed by atoms with Gasteiger partial charge >= 0.3 is 0 Å². The average molecular weight is 308 g/mol. The minimum absolute atomic E-state index is 0.138. The van der Waals surface area contributed by atoms with Crippen LogP contribution in [-0.2, 0) is 10.8 Å². The molecule has 1 N–H and O–H groups in total. The highest BCUT2D eigenvalue weighted by Gasteiger charge is 2.18. The SMILES string of the molecule is CC(C)(C)c1ccc(Oc2ccc(C(C)(C)C#CO)cc2)cc1. The lowest BCUT2D eigenvalue weighted by Gasteiger charge is -2.19. The molecular weight excluding hydrogens is 284 g/mol. The zero-order chi connectivity index (χ0) is 17.1. The Morgan fingerprint density at radius 2 is 1.17 bits per heavy atom. The molecule has 0 aromatic heterocycles. The second-order valence-corrected chi connectivity index (χ2v) is 7.26. The van der Waals surface area contributed by atoms with E-state index in [1.54, 1.807) is 0 Å². The maximum Gasteiger partial charge on any atom is 0.127 e. The third-order valence-electron chi connectivity index (χ3n) is 3.90. The molecule has 23 heavy (non-hydrogen) atoms. The van der Waals surface area contributed by atoms with E-state index in [9.17, 15) is 0 Å². The normalized spacial score (nSPS) is 11.5. The number of hydrogen-bond acceptors (Lipinski definition) is 2. The highest BCUT2D eigenvalue weighted by molar-refractivity contribution is 5.39. The van der Waals surface area contributed by atoms with E-state index in [4.69, 9.17) is 9.84 Å². The molecule has 2 nitrogen and oxygen atoms in total. The summed E-state index contributed by atoms with van der Waals surface area (Å²) in [6, 6.07) is 16.0. The largest absolute Gasteiger partial charge is 0.462 e. The zero-order valence-corrected chi connectivity index (χ0v) is 14.5. The van der Waals surface area contributed by atoms with Gasteiger partial charge in [-0.25, -0.2) is 0 Å². The predicted octanol–water partition coefficient (Wildman–Crippen LogP) is 5.39. The third-order valence-corrected chi connectivity index (χ3v) is 3.90. The highest BCUT2D eigenvalue weighted by atomic mass is 16.5. The summed E-state index contributed by atoms with van der Waals surface area (Å²) in [7, 11) is 0. The molecule has 0 unspecified atom stereocenters. The molecular formula is C21H24O2. The number of aliphatic hydroxyl groups is 1. The van der Waals surface area contributed by atoms with E-state index >= 15 is 0 Å². The fourth-order valence-corrected chi connectivity index (χ4v) is 2.31. The minimum atomic E-state index is -0.387. The number of benzene rings is 2. The average Bonchev–Trinajstić information content (AvgIpc) is 2.47. The van der Waals surface area contributed by atoms with Crippen molar-refractivity contribution in [1.29, 1.82) is 0 Å². The van der Waals surface area contributed by atoms with E-state index in [-0.39, 0.29) is 10.8 Å². The predicted molar refractivity (Wildman–Crippen MR) is 94.4 cm³/mol. The van der Waals surface area contributed by atoms with E-state index < -0.39 is 0 Å². The topological polar surface area (TPSA) is 29.5 Å². The molecule has 0 radical (unpaired) electrons. The van der Waals surface area contributed by atoms with Gasteiger partial charge in [-0.3, -0.25) is 0 Å². The van der Waals surface area contributed by atoms with E-state index in [2.05, 4.69) is 38.8 Å². The summed E-state index contributed by atoms with van der Waals surface area (Å²) < 4.78 is 5.89. The molecule has 2 aromatic rings. The second kappa shape index (κ2) is 6.38. The van der Waals surface area contributed by atoms with Crippen LogP contribution in [0.3, 0.4) is 0 Å². The van der Waals surface area contributed by atoms with Crippen LogP contribution in [0.25, 0.3) is 0 Å². The van der Waals surface area contributed by atoms with E-state index in [0.29, 0.717) is 0 Å². The van der Waals surface area contributed by atoms with Crippen molar-refractivity contribution < 1.29 is 9.84 Å². The van der Waals surface area contributed by atoms with Crippen molar-refractivity contribution in [3.8, 4) is 23.5 Å². The number of hydrogen-bond donors (Lipinski definition) is 1. The van der Waals surface area contributed by atoms with Crippen LogP contribution >= 0.6 is 0 Å². The zero-order valence-electron chi connectivity index (χ0n) is 14.5. The summed E-state index contributed by atoms with van der Waals surface area (Å²) in [5.41, 5.74) is 2.07. The molecule has 0 saturated carbocycles. The lowest BCUT2D eigenvalue weighted by Crippen LogP contribution is -2.13. The smallest absolute Gasteiger partial charge is 0.127 e. The minimum Gasteiger partial charge on any atom is -0.462 e. The van der Waals surface area contributed by atoms with Crippen LogP contribution in [0.5, 0.6) is 11.5 Å². The van der Waals surface area contributed by atoms with Gasteiger partial charge in [-0.15, -0.1) is 0 Å². The summed E-state index contributed by atoms with van der Waals surface area (Å²) in [5, 5.41) is 8.81. The Kier molecular flexibility index (Phi) is 4.71. The van der Waals surface area contributed by atoms with Crippen LogP contribution in [0.1, 0.15) is 45.7 Å². The summed E-state index contributed by atoms with van der Waals surface area (Å²) in [4.78, 5) is 0. The van der Waals surface area contributed by atoms with Gasteiger partial charge in [-0.1, -0.05) is 45.0 Å². The van der Waals surface area contributed by atoms with Gasteiger partial charge in [0.05, 0.1) is 5.41 Å². The van der Waals surface area contributed by atoms with Crippen LogP contribution in [0.4, 0.5) is 0 Å². The van der Waals surface area contributed by atoms with Gasteiger partial charge in [0, 0.05) is 0 Å². The van der Waals surface area contributed by atoms with Crippen molar-refractivity contribution in [3.63, 3.8) is 0 Å². The molecule has 0 aliphatic heterocycles. The highest BCUT2D eigenvalue weighted by Crippen LogP contribution is 2.29. The molecule has 0 atom stereocenters. The van der Waals surface area contributed by atoms with Crippen molar-refractivity contribution in [2.45, 2.75) is 45.4 Å². The van der Waals surface area contributed by atoms with E-state index in [1.807, 2.05) is 56.4 Å². The van der Waals surface area contributed by atoms with Crippen molar-refractivity contribution in [2.24, 2.45) is 0 Å². The molecule has 2 aromatic carbocycles. The van der Waals surface area contributed by atoms with Crippen LogP contribution in [-0.4, -0.2) is 5.11 Å². The molecule has 0 spiro atoms. The third kappa shape index (κ3) is 4.29. The Balaban J connectivity index is 2.13. The fraction of sp³-hybridized carbons (Fsp3) is 0.333. The first kappa shape index (κ1) is 17.0. The van der Waals surface area contributed by atoms with E-state index in [0.717, 1.165) is 17.1 Å². The first-order valence-electron chi connectivity index (χ1n) is 7.77. The molecule has 2 heteroatoms. The molecule has 0 bridgehead atoms. The maximum absolute atomic E-state index is 8.81. The van der Waals surface area contributed by atoms with Gasteiger partial charge in [0.15, 0.2) is 0 Å². The van der Waals surface area contributed by atoms with E-state index in [1.165, 1.54) is 5.56 Å². The van der Waals surface area contributed by atoms with Gasteiger partial charge in [-0.2, -0.15) is 0 Å². The molecule has 2 rings (SSSR count). The van der Waals surface area contributed by atoms with Crippen molar-refractivity contribution in [3.05, 3.63) is 59.7 Å². The fourth-order valence-electron chi connectivity index (χ4n) is 2.31. The lowest BCUT2D eigenvalue weighted by atomic mass is 9.86. The Morgan fingerprint density at radius 3 is 1.57 bits per heavy atom. The summed E-state index contributed by atoms with van der Waals surface area (Å²) in [5.74, 6) is 4.39. The van der Waals surface area contributed by atoms with Crippen LogP contribution in [0, 0.1) is 12.0 Å². The lowest BCUT2D eigenvalue weighted by molar-refractivity contribution is 0.480. The Labute approximate surface area is 139 Å². The molecule has 120 valence electrons. The molecule has 0 amide bonds. The van der Waals surface area contributed by atoms with Crippen molar-refractivity contribution in [1.82, 2.24) is 0 Å². The van der Waals surface area contributed by atoms with Gasteiger partial charge < -0.3 is 9.84 Å². The maximum atomic E-state index is 8.81. The van der Waals surface area contributed by atoms with Crippen LogP contribution in [0.2, 0.25) is 0 Å². The van der Waals surface area contributed by atoms with Gasteiger partial charge in [0.25, 0.3) is 0 Å². The summed E-state index contributed by atoms with van der Waals surface area (Å²) in [6.07, 6.45) is 2.00. The standard InChI is InChI=1S/C21H24O2/c1-20(2,3)16-6-10-18(11-7-16)23-19-12-8-17(9-13-19)21(4,5)14-15-22/h6-13,22H,1-5H3.